The summed E-state index contributed by atoms with van der Waals surface area (Å²) in [7, 11) is 1.52. The van der Waals surface area contributed by atoms with Gasteiger partial charge in [0, 0.05) is 35.2 Å². The van der Waals surface area contributed by atoms with E-state index in [4.69, 9.17) is 9.47 Å². The van der Waals surface area contributed by atoms with Gasteiger partial charge in [0.05, 0.1) is 6.61 Å². The van der Waals surface area contributed by atoms with Crippen LogP contribution in [0.25, 0.3) is 0 Å². The molecule has 2 rings (SSSR count). The van der Waals surface area contributed by atoms with Gasteiger partial charge in [-0.25, -0.2) is 4.79 Å². The van der Waals surface area contributed by atoms with Gasteiger partial charge in [-0.1, -0.05) is 32.9 Å². The van der Waals surface area contributed by atoms with Crippen LogP contribution in [0.15, 0.2) is 48.5 Å². The third-order valence-corrected chi connectivity index (χ3v) is 3.95. The van der Waals surface area contributed by atoms with Crippen LogP contribution in [0.3, 0.4) is 0 Å². The molecular weight excluding hydrogens is 386 g/mol. The molecule has 0 aromatic heterocycles. The van der Waals surface area contributed by atoms with Crippen LogP contribution < -0.4 is 16.0 Å². The van der Waals surface area contributed by atoms with Crippen LogP contribution in [0.4, 0.5) is 21.9 Å². The molecule has 0 saturated carbocycles. The van der Waals surface area contributed by atoms with Crippen molar-refractivity contribution < 1.29 is 23.9 Å². The standard InChI is InChI=1S/C22H27N3O5/c1-22(2,3)20(27)24-16-8-5-7-15(13-16)19(26)23-17-9-6-10-18(14-17)25-21(28)30-12-11-29-4/h5-10,13-14H,11-12H2,1-4H3,(H,23,26)(H,24,27)(H,25,28). The highest BCUT2D eigenvalue weighted by atomic mass is 16.6. The van der Waals surface area contributed by atoms with Crippen molar-refractivity contribution in [1.29, 1.82) is 0 Å². The Labute approximate surface area is 175 Å². The first-order valence-corrected chi connectivity index (χ1v) is 9.44. The lowest BCUT2D eigenvalue weighted by Gasteiger charge is -2.18. The van der Waals surface area contributed by atoms with Gasteiger partial charge in [-0.2, -0.15) is 0 Å². The molecule has 3 N–H and O–H groups in total. The lowest BCUT2D eigenvalue weighted by molar-refractivity contribution is -0.123. The van der Waals surface area contributed by atoms with E-state index < -0.39 is 11.5 Å². The Balaban J connectivity index is 2.02. The maximum atomic E-state index is 12.6. The molecule has 0 spiro atoms. The number of ether oxygens (including phenoxy) is 2. The fourth-order valence-corrected chi connectivity index (χ4v) is 2.31. The zero-order valence-corrected chi connectivity index (χ0v) is 17.6. The van der Waals surface area contributed by atoms with E-state index in [9.17, 15) is 14.4 Å². The fraction of sp³-hybridized carbons (Fsp3) is 0.318. The van der Waals surface area contributed by atoms with Gasteiger partial charge in [0.2, 0.25) is 5.91 Å². The van der Waals surface area contributed by atoms with Gasteiger partial charge in [-0.15, -0.1) is 0 Å². The number of carbonyl (C=O) groups is 3. The first kappa shape index (κ1) is 22.9. The molecule has 0 unspecified atom stereocenters. The summed E-state index contributed by atoms with van der Waals surface area (Å²) in [5.41, 5.74) is 1.35. The van der Waals surface area contributed by atoms with Crippen LogP contribution in [0.1, 0.15) is 31.1 Å². The first-order chi connectivity index (χ1) is 14.2. The second-order valence-electron chi connectivity index (χ2n) is 7.57. The molecule has 8 nitrogen and oxygen atoms in total. The normalized spacial score (nSPS) is 10.8. The largest absolute Gasteiger partial charge is 0.447 e. The van der Waals surface area contributed by atoms with Crippen molar-refractivity contribution in [2.75, 3.05) is 36.3 Å². The Morgan fingerprint density at radius 1 is 0.833 bits per heavy atom. The Hall–Kier alpha value is -3.39. The van der Waals surface area contributed by atoms with Crippen molar-refractivity contribution in [2.45, 2.75) is 20.8 Å². The number of hydrogen-bond donors (Lipinski definition) is 3. The Morgan fingerprint density at radius 3 is 2.07 bits per heavy atom. The van der Waals surface area contributed by atoms with Crippen LogP contribution in [-0.4, -0.2) is 38.2 Å². The number of nitrogens with one attached hydrogen (secondary N) is 3. The molecule has 0 aliphatic heterocycles. The maximum Gasteiger partial charge on any atom is 0.411 e. The van der Waals surface area contributed by atoms with Crippen molar-refractivity contribution in [2.24, 2.45) is 5.41 Å². The van der Waals surface area contributed by atoms with E-state index in [-0.39, 0.29) is 18.4 Å². The first-order valence-electron chi connectivity index (χ1n) is 9.44. The minimum atomic E-state index is -0.613. The molecule has 2 aromatic rings. The molecule has 0 atom stereocenters. The second kappa shape index (κ2) is 10.4. The fourth-order valence-electron chi connectivity index (χ4n) is 2.31. The highest BCUT2D eigenvalue weighted by Crippen LogP contribution is 2.20. The smallest absolute Gasteiger partial charge is 0.411 e. The summed E-state index contributed by atoms with van der Waals surface area (Å²) < 4.78 is 9.77. The lowest BCUT2D eigenvalue weighted by Crippen LogP contribution is -2.27. The predicted octanol–water partition coefficient (Wildman–Crippen LogP) is 4.12. The highest BCUT2D eigenvalue weighted by Gasteiger charge is 2.21. The van der Waals surface area contributed by atoms with Crippen LogP contribution in [0.2, 0.25) is 0 Å². The predicted molar refractivity (Wildman–Crippen MR) is 116 cm³/mol. The number of carbonyl (C=O) groups excluding carboxylic acids is 3. The minimum Gasteiger partial charge on any atom is -0.447 e. The summed E-state index contributed by atoms with van der Waals surface area (Å²) in [6, 6.07) is 13.4. The van der Waals surface area contributed by atoms with Crippen LogP contribution >= 0.6 is 0 Å². The van der Waals surface area contributed by atoms with E-state index in [2.05, 4.69) is 16.0 Å². The van der Waals surface area contributed by atoms with Gasteiger partial charge >= 0.3 is 6.09 Å². The second-order valence-corrected chi connectivity index (χ2v) is 7.57. The Morgan fingerprint density at radius 2 is 1.43 bits per heavy atom. The molecule has 0 bridgehead atoms. The van der Waals surface area contributed by atoms with E-state index in [1.54, 1.807) is 48.5 Å². The average Bonchev–Trinajstić information content (AvgIpc) is 2.68. The van der Waals surface area contributed by atoms with Crippen molar-refractivity contribution in [1.82, 2.24) is 0 Å². The van der Waals surface area contributed by atoms with Gasteiger partial charge in [0.1, 0.15) is 6.61 Å². The summed E-state index contributed by atoms with van der Waals surface area (Å²) in [6.45, 7) is 5.88. The van der Waals surface area contributed by atoms with Crippen LogP contribution in [0.5, 0.6) is 0 Å². The number of methoxy groups -OCH3 is 1. The third kappa shape index (κ3) is 7.21. The van der Waals surface area contributed by atoms with Crippen molar-refractivity contribution in [3.63, 3.8) is 0 Å². The zero-order valence-electron chi connectivity index (χ0n) is 17.6. The van der Waals surface area contributed by atoms with E-state index in [0.29, 0.717) is 29.2 Å². The van der Waals surface area contributed by atoms with Gasteiger partial charge < -0.3 is 20.1 Å². The number of rotatable bonds is 7. The molecule has 0 aliphatic carbocycles. The van der Waals surface area contributed by atoms with Gasteiger partial charge in [-0.05, 0) is 36.4 Å². The van der Waals surface area contributed by atoms with Gasteiger partial charge in [0.15, 0.2) is 0 Å². The molecule has 30 heavy (non-hydrogen) atoms. The lowest BCUT2D eigenvalue weighted by atomic mass is 9.95. The number of anilines is 3. The molecular formula is C22H27N3O5. The van der Waals surface area contributed by atoms with E-state index >= 15 is 0 Å². The van der Waals surface area contributed by atoms with Crippen LogP contribution in [0, 0.1) is 5.41 Å². The van der Waals surface area contributed by atoms with Crippen molar-refractivity contribution in [3.05, 3.63) is 54.1 Å². The summed E-state index contributed by atoms with van der Waals surface area (Å²) in [5.74, 6) is -0.488. The average molecular weight is 413 g/mol. The van der Waals surface area contributed by atoms with Crippen molar-refractivity contribution >= 4 is 35.0 Å². The summed E-state index contributed by atoms with van der Waals surface area (Å²) in [5, 5.41) is 8.16. The molecule has 160 valence electrons. The van der Waals surface area contributed by atoms with E-state index in [1.807, 2.05) is 20.8 Å². The van der Waals surface area contributed by atoms with Gasteiger partial charge in [0.25, 0.3) is 5.91 Å². The highest BCUT2D eigenvalue weighted by molar-refractivity contribution is 6.05. The number of amides is 3. The molecule has 8 heteroatoms. The third-order valence-electron chi connectivity index (χ3n) is 3.95. The Kier molecular flexibility index (Phi) is 7.94. The van der Waals surface area contributed by atoms with Crippen molar-refractivity contribution in [3.8, 4) is 0 Å². The van der Waals surface area contributed by atoms with E-state index in [0.717, 1.165) is 0 Å². The topological polar surface area (TPSA) is 106 Å². The molecule has 3 amide bonds. The molecule has 0 radical (unpaired) electrons. The van der Waals surface area contributed by atoms with E-state index in [1.165, 1.54) is 7.11 Å². The molecule has 0 fully saturated rings. The number of benzene rings is 2. The zero-order chi connectivity index (χ0) is 22.1. The SMILES string of the molecule is COCCOC(=O)Nc1cccc(NC(=O)c2cccc(NC(=O)C(C)(C)C)c2)c1. The maximum absolute atomic E-state index is 12.6. The Bertz CT molecular complexity index is 906. The minimum absolute atomic E-state index is 0.140. The molecule has 2 aromatic carbocycles. The molecule has 0 saturated heterocycles. The molecule has 0 aliphatic rings. The van der Waals surface area contributed by atoms with Gasteiger partial charge in [-0.3, -0.25) is 14.9 Å². The molecule has 0 heterocycles. The van der Waals surface area contributed by atoms with Crippen LogP contribution in [-0.2, 0) is 14.3 Å². The monoisotopic (exact) mass is 413 g/mol. The summed E-state index contributed by atoms with van der Waals surface area (Å²) >= 11 is 0. The number of hydrogen-bond acceptors (Lipinski definition) is 5. The summed E-state index contributed by atoms with van der Waals surface area (Å²) in [6.07, 6.45) is -0.613. The quantitative estimate of drug-likeness (QED) is 0.592. The summed E-state index contributed by atoms with van der Waals surface area (Å²) in [4.78, 5) is 36.5.